The molecule has 7 nitrogen and oxygen atoms in total. The Morgan fingerprint density at radius 1 is 1.25 bits per heavy atom. The van der Waals surface area contributed by atoms with Crippen LogP contribution in [-0.4, -0.2) is 25.4 Å². The molecule has 0 bridgehead atoms. The molecule has 1 aliphatic carbocycles. The van der Waals surface area contributed by atoms with Crippen molar-refractivity contribution in [2.75, 3.05) is 0 Å². The lowest BCUT2D eigenvalue weighted by Crippen LogP contribution is -2.36. The number of hydrogen-bond acceptors (Lipinski definition) is 5. The summed E-state index contributed by atoms with van der Waals surface area (Å²) in [6.07, 6.45) is 2.18. The number of ether oxygens (including phenoxy) is 1. The number of para-hydroxylation sites is 1. The van der Waals surface area contributed by atoms with E-state index in [9.17, 15) is 18.0 Å². The Morgan fingerprint density at radius 2 is 1.96 bits per heavy atom. The number of aromatic carboxylic acids is 1. The molecule has 146 valence electrons. The van der Waals surface area contributed by atoms with Gasteiger partial charge in [0.1, 0.15) is 16.4 Å². The van der Waals surface area contributed by atoms with Gasteiger partial charge >= 0.3 is 5.97 Å². The summed E-state index contributed by atoms with van der Waals surface area (Å²) in [6, 6.07) is 11.5. The molecule has 8 heteroatoms. The summed E-state index contributed by atoms with van der Waals surface area (Å²) < 4.78 is 33.2. The highest BCUT2D eigenvalue weighted by molar-refractivity contribution is 7.90. The van der Waals surface area contributed by atoms with Gasteiger partial charge in [-0.3, -0.25) is 4.79 Å². The minimum atomic E-state index is -4.19. The number of allylic oxidation sites excluding steroid dienone is 1. The molecular weight excluding hydrogens is 382 g/mol. The summed E-state index contributed by atoms with van der Waals surface area (Å²) >= 11 is 0. The first-order valence-electron chi connectivity index (χ1n) is 8.47. The van der Waals surface area contributed by atoms with Crippen LogP contribution in [-0.2, 0) is 14.8 Å². The summed E-state index contributed by atoms with van der Waals surface area (Å²) in [7, 11) is -4.19. The zero-order valence-electron chi connectivity index (χ0n) is 15.1. The molecule has 0 unspecified atom stereocenters. The molecule has 3 rings (SSSR count). The molecule has 0 spiro atoms. The average molecular weight is 401 g/mol. The number of sulfonamides is 1. The Balaban J connectivity index is 1.87. The van der Waals surface area contributed by atoms with E-state index in [1.807, 2.05) is 0 Å². The van der Waals surface area contributed by atoms with Gasteiger partial charge in [-0.25, -0.2) is 17.9 Å². The van der Waals surface area contributed by atoms with E-state index in [2.05, 4.69) is 11.3 Å². The van der Waals surface area contributed by atoms with Gasteiger partial charge in [-0.05, 0) is 42.7 Å². The molecule has 2 aromatic rings. The van der Waals surface area contributed by atoms with Gasteiger partial charge in [-0.15, -0.1) is 6.58 Å². The molecule has 2 N–H and O–H groups in total. The minimum Gasteiger partial charge on any atom is -0.478 e. The molecule has 0 radical (unpaired) electrons. The van der Waals surface area contributed by atoms with Gasteiger partial charge in [-0.1, -0.05) is 31.2 Å². The second-order valence-corrected chi connectivity index (χ2v) is 8.43. The van der Waals surface area contributed by atoms with E-state index in [1.54, 1.807) is 19.1 Å². The fourth-order valence-corrected chi connectivity index (χ4v) is 4.09. The molecule has 0 saturated heterocycles. The lowest BCUT2D eigenvalue weighted by molar-refractivity contribution is -0.124. The van der Waals surface area contributed by atoms with Gasteiger partial charge in [0.15, 0.2) is 0 Å². The van der Waals surface area contributed by atoms with Crippen LogP contribution < -0.4 is 9.46 Å². The van der Waals surface area contributed by atoms with Crippen molar-refractivity contribution in [3.8, 4) is 11.5 Å². The van der Waals surface area contributed by atoms with E-state index in [0.717, 1.165) is 0 Å². The molecule has 1 fully saturated rings. The molecule has 0 heterocycles. The van der Waals surface area contributed by atoms with Crippen molar-refractivity contribution in [1.29, 1.82) is 0 Å². The topological polar surface area (TPSA) is 110 Å². The molecule has 0 aromatic heterocycles. The van der Waals surface area contributed by atoms with Crippen LogP contribution in [0, 0.1) is 11.3 Å². The monoisotopic (exact) mass is 401 g/mol. The molecule has 0 aliphatic heterocycles. The van der Waals surface area contributed by atoms with E-state index in [0.29, 0.717) is 6.42 Å². The van der Waals surface area contributed by atoms with Crippen LogP contribution in [0.2, 0.25) is 0 Å². The van der Waals surface area contributed by atoms with Gasteiger partial charge in [0.2, 0.25) is 5.91 Å². The number of benzene rings is 2. The zero-order chi connectivity index (χ0) is 20.5. The normalized spacial score (nSPS) is 20.8. The van der Waals surface area contributed by atoms with Gasteiger partial charge in [0.25, 0.3) is 10.0 Å². The highest BCUT2D eigenvalue weighted by Crippen LogP contribution is 2.53. The highest BCUT2D eigenvalue weighted by Gasteiger charge is 2.55. The number of nitrogens with one attached hydrogen (secondary N) is 1. The van der Waals surface area contributed by atoms with Crippen molar-refractivity contribution < 1.29 is 27.9 Å². The third-order valence-corrected chi connectivity index (χ3v) is 6.15. The first-order chi connectivity index (χ1) is 13.2. The molecule has 2 atom stereocenters. The molecular formula is C20H19NO6S. The third-order valence-electron chi connectivity index (χ3n) is 4.78. The number of carbonyl (C=O) groups excluding carboxylic acids is 1. The van der Waals surface area contributed by atoms with Crippen LogP contribution in [0.1, 0.15) is 23.7 Å². The van der Waals surface area contributed by atoms with E-state index in [4.69, 9.17) is 9.84 Å². The Bertz CT molecular complexity index is 1060. The SMILES string of the molecule is C=C[C@@H]1C[C@]1(C)C(=O)NS(=O)(=O)c1ccccc1Oc1cccc(C(=O)O)c1. The summed E-state index contributed by atoms with van der Waals surface area (Å²) in [5.41, 5.74) is -0.788. The lowest BCUT2D eigenvalue weighted by atomic mass is 10.1. The van der Waals surface area contributed by atoms with E-state index >= 15 is 0 Å². The Morgan fingerprint density at radius 3 is 2.61 bits per heavy atom. The maximum Gasteiger partial charge on any atom is 0.335 e. The van der Waals surface area contributed by atoms with Crippen molar-refractivity contribution >= 4 is 21.9 Å². The van der Waals surface area contributed by atoms with Crippen LogP contribution in [0.15, 0.2) is 66.1 Å². The predicted octanol–water partition coefficient (Wildman–Crippen LogP) is 3.19. The summed E-state index contributed by atoms with van der Waals surface area (Å²) in [5, 5.41) is 9.08. The van der Waals surface area contributed by atoms with Crippen LogP contribution >= 0.6 is 0 Å². The van der Waals surface area contributed by atoms with E-state index < -0.39 is 27.3 Å². The fraction of sp³-hybridized carbons (Fsp3) is 0.200. The highest BCUT2D eigenvalue weighted by atomic mass is 32.2. The Labute approximate surface area is 162 Å². The van der Waals surface area contributed by atoms with Crippen molar-refractivity contribution in [2.24, 2.45) is 11.3 Å². The maximum atomic E-state index is 12.8. The van der Waals surface area contributed by atoms with E-state index in [1.165, 1.54) is 42.5 Å². The van der Waals surface area contributed by atoms with Crippen LogP contribution in [0.25, 0.3) is 0 Å². The first kappa shape index (κ1) is 19.6. The summed E-state index contributed by atoms with van der Waals surface area (Å²) in [6.45, 7) is 5.33. The molecule has 28 heavy (non-hydrogen) atoms. The smallest absolute Gasteiger partial charge is 0.335 e. The van der Waals surface area contributed by atoms with Gasteiger partial charge < -0.3 is 9.84 Å². The maximum absolute atomic E-state index is 12.8. The Kier molecular flexibility index (Phi) is 4.99. The van der Waals surface area contributed by atoms with Gasteiger partial charge in [-0.2, -0.15) is 0 Å². The quantitative estimate of drug-likeness (QED) is 0.690. The van der Waals surface area contributed by atoms with Crippen LogP contribution in [0.3, 0.4) is 0 Å². The average Bonchev–Trinajstić information content (AvgIpc) is 3.34. The molecule has 1 saturated carbocycles. The zero-order valence-corrected chi connectivity index (χ0v) is 15.9. The summed E-state index contributed by atoms with van der Waals surface area (Å²) in [4.78, 5) is 23.3. The Hall–Kier alpha value is -3.13. The number of amides is 1. The molecule has 1 amide bonds. The first-order valence-corrected chi connectivity index (χ1v) is 9.96. The lowest BCUT2D eigenvalue weighted by Gasteiger charge is -2.15. The molecule has 2 aromatic carbocycles. The van der Waals surface area contributed by atoms with Crippen molar-refractivity contribution in [3.05, 3.63) is 66.7 Å². The number of carbonyl (C=O) groups is 2. The minimum absolute atomic E-state index is 0.00302. The van der Waals surface area contributed by atoms with Crippen molar-refractivity contribution in [2.45, 2.75) is 18.2 Å². The van der Waals surface area contributed by atoms with Crippen molar-refractivity contribution in [3.63, 3.8) is 0 Å². The van der Waals surface area contributed by atoms with Crippen molar-refractivity contribution in [1.82, 2.24) is 4.72 Å². The number of carboxylic acid groups (broad SMARTS) is 1. The van der Waals surface area contributed by atoms with Gasteiger partial charge in [0.05, 0.1) is 11.0 Å². The number of carboxylic acids is 1. The number of hydrogen-bond donors (Lipinski definition) is 2. The second kappa shape index (κ2) is 7.12. The third kappa shape index (κ3) is 3.77. The predicted molar refractivity (Wildman–Crippen MR) is 102 cm³/mol. The standard InChI is InChI=1S/C20H19NO6S/c1-3-14-12-20(14,2)19(24)21-28(25,26)17-10-5-4-9-16(17)27-15-8-6-7-13(11-15)18(22)23/h3-11,14H,1,12H2,2H3,(H,21,24)(H,22,23)/t14-,20+/m1/s1. The van der Waals surface area contributed by atoms with E-state index in [-0.39, 0.29) is 27.9 Å². The van der Waals surface area contributed by atoms with Crippen LogP contribution in [0.5, 0.6) is 11.5 Å². The molecule has 1 aliphatic rings. The number of rotatable bonds is 7. The summed E-state index contributed by atoms with van der Waals surface area (Å²) in [5.74, 6) is -1.65. The largest absolute Gasteiger partial charge is 0.478 e. The second-order valence-electron chi connectivity index (χ2n) is 6.78. The van der Waals surface area contributed by atoms with Gasteiger partial charge in [0, 0.05) is 0 Å². The fourth-order valence-electron chi connectivity index (χ4n) is 2.87. The van der Waals surface area contributed by atoms with Crippen LogP contribution in [0.4, 0.5) is 0 Å².